The highest BCUT2D eigenvalue weighted by molar-refractivity contribution is 5.86. The van der Waals surface area contributed by atoms with E-state index in [1.165, 1.54) is 44.9 Å². The standard InChI is InChI=1S/C21H36N2O3/c1-4-5-6-7-8-9-10-13-17-25-20-15-12-11-14-19(20)22-21(24)26-18-16-23(2)3/h11-12,14-15H,4-10,13,16-18H2,1-3H3,(H,22,24). The van der Waals surface area contributed by atoms with Crippen LogP contribution in [0.25, 0.3) is 0 Å². The fraction of sp³-hybridized carbons (Fsp3) is 0.667. The van der Waals surface area contributed by atoms with E-state index in [0.29, 0.717) is 31.2 Å². The Balaban J connectivity index is 2.23. The van der Waals surface area contributed by atoms with Gasteiger partial charge in [0.05, 0.1) is 12.3 Å². The summed E-state index contributed by atoms with van der Waals surface area (Å²) in [6.07, 6.45) is 9.71. The zero-order valence-electron chi connectivity index (χ0n) is 16.8. The first kappa shape index (κ1) is 22.3. The predicted molar refractivity (Wildman–Crippen MR) is 108 cm³/mol. The van der Waals surface area contributed by atoms with Gasteiger partial charge in [-0.2, -0.15) is 0 Å². The topological polar surface area (TPSA) is 50.8 Å². The van der Waals surface area contributed by atoms with Crippen LogP contribution in [-0.2, 0) is 4.74 Å². The van der Waals surface area contributed by atoms with Crippen LogP contribution < -0.4 is 10.1 Å². The molecule has 0 saturated carbocycles. The van der Waals surface area contributed by atoms with Gasteiger partial charge in [-0.05, 0) is 32.6 Å². The van der Waals surface area contributed by atoms with Crippen molar-refractivity contribution in [2.24, 2.45) is 0 Å². The smallest absolute Gasteiger partial charge is 0.411 e. The van der Waals surface area contributed by atoms with Crippen LogP contribution in [0.4, 0.5) is 10.5 Å². The van der Waals surface area contributed by atoms with E-state index < -0.39 is 6.09 Å². The van der Waals surface area contributed by atoms with Crippen molar-refractivity contribution >= 4 is 11.8 Å². The van der Waals surface area contributed by atoms with E-state index in [4.69, 9.17) is 9.47 Å². The molecule has 0 heterocycles. The third-order valence-electron chi connectivity index (χ3n) is 4.15. The summed E-state index contributed by atoms with van der Waals surface area (Å²) in [4.78, 5) is 13.8. The number of benzene rings is 1. The van der Waals surface area contributed by atoms with Crippen molar-refractivity contribution in [3.63, 3.8) is 0 Å². The maximum atomic E-state index is 11.9. The summed E-state index contributed by atoms with van der Waals surface area (Å²) in [5.41, 5.74) is 0.655. The molecule has 1 amide bonds. The molecular formula is C21H36N2O3. The summed E-state index contributed by atoms with van der Waals surface area (Å²) in [7, 11) is 3.88. The average molecular weight is 365 g/mol. The maximum Gasteiger partial charge on any atom is 0.411 e. The van der Waals surface area contributed by atoms with Gasteiger partial charge < -0.3 is 14.4 Å². The summed E-state index contributed by atoms with van der Waals surface area (Å²) in [5, 5.41) is 2.76. The fourth-order valence-corrected chi connectivity index (χ4v) is 2.58. The Kier molecular flexibility index (Phi) is 12.4. The second-order valence-corrected chi connectivity index (χ2v) is 6.88. The van der Waals surface area contributed by atoms with Crippen molar-refractivity contribution in [1.82, 2.24) is 4.90 Å². The summed E-state index contributed by atoms with van der Waals surface area (Å²) in [5.74, 6) is 0.694. The van der Waals surface area contributed by atoms with E-state index >= 15 is 0 Å². The number of amides is 1. The SMILES string of the molecule is CCCCCCCCCCOc1ccccc1NC(=O)OCCN(C)C. The summed E-state index contributed by atoms with van der Waals surface area (Å²) >= 11 is 0. The first-order valence-corrected chi connectivity index (χ1v) is 9.93. The number of para-hydroxylation sites is 2. The van der Waals surface area contributed by atoms with Crippen molar-refractivity contribution in [3.05, 3.63) is 24.3 Å². The number of hydrogen-bond donors (Lipinski definition) is 1. The lowest BCUT2D eigenvalue weighted by Crippen LogP contribution is -2.22. The van der Waals surface area contributed by atoms with Crippen molar-refractivity contribution in [3.8, 4) is 5.75 Å². The summed E-state index contributed by atoms with van der Waals surface area (Å²) < 4.78 is 11.0. The molecule has 5 nitrogen and oxygen atoms in total. The molecule has 26 heavy (non-hydrogen) atoms. The molecule has 0 bridgehead atoms. The van der Waals surface area contributed by atoms with Gasteiger partial charge in [-0.1, -0.05) is 64.0 Å². The van der Waals surface area contributed by atoms with Gasteiger partial charge in [-0.15, -0.1) is 0 Å². The Bertz CT molecular complexity index is 492. The first-order chi connectivity index (χ1) is 12.6. The monoisotopic (exact) mass is 364 g/mol. The molecule has 0 saturated heterocycles. The normalized spacial score (nSPS) is 10.8. The van der Waals surface area contributed by atoms with Crippen LogP contribution in [0.5, 0.6) is 5.75 Å². The predicted octanol–water partition coefficient (Wildman–Crippen LogP) is 5.32. The minimum atomic E-state index is -0.449. The summed E-state index contributed by atoms with van der Waals surface area (Å²) in [6.45, 7) is 3.97. The van der Waals surface area contributed by atoms with Crippen molar-refractivity contribution in [1.29, 1.82) is 0 Å². The van der Waals surface area contributed by atoms with Crippen LogP contribution in [0.1, 0.15) is 58.3 Å². The average Bonchev–Trinajstić information content (AvgIpc) is 2.61. The van der Waals surface area contributed by atoms with Crippen LogP contribution in [0.15, 0.2) is 24.3 Å². The molecule has 0 unspecified atom stereocenters. The Hall–Kier alpha value is -1.75. The Labute approximate surface area is 159 Å². The Morgan fingerprint density at radius 2 is 1.62 bits per heavy atom. The zero-order chi connectivity index (χ0) is 19.0. The highest BCUT2D eigenvalue weighted by atomic mass is 16.5. The van der Waals surface area contributed by atoms with Crippen molar-refractivity contribution in [2.75, 3.05) is 39.2 Å². The maximum absolute atomic E-state index is 11.9. The van der Waals surface area contributed by atoms with E-state index in [2.05, 4.69) is 12.2 Å². The number of hydrogen-bond acceptors (Lipinski definition) is 4. The lowest BCUT2D eigenvalue weighted by molar-refractivity contribution is 0.151. The van der Waals surface area contributed by atoms with Crippen LogP contribution in [0.2, 0.25) is 0 Å². The Morgan fingerprint density at radius 3 is 2.31 bits per heavy atom. The first-order valence-electron chi connectivity index (χ1n) is 9.93. The molecule has 0 aromatic heterocycles. The van der Waals surface area contributed by atoms with Gasteiger partial charge in [0.1, 0.15) is 12.4 Å². The third-order valence-corrected chi connectivity index (χ3v) is 4.15. The van der Waals surface area contributed by atoms with Gasteiger partial charge in [0.25, 0.3) is 0 Å². The number of ether oxygens (including phenoxy) is 2. The van der Waals surface area contributed by atoms with Crippen LogP contribution in [0, 0.1) is 0 Å². The van der Waals surface area contributed by atoms with Gasteiger partial charge in [0, 0.05) is 6.54 Å². The largest absolute Gasteiger partial charge is 0.491 e. The Morgan fingerprint density at radius 1 is 0.962 bits per heavy atom. The molecule has 0 aliphatic rings. The molecule has 1 aromatic rings. The second-order valence-electron chi connectivity index (χ2n) is 6.88. The molecule has 0 atom stereocenters. The number of anilines is 1. The summed E-state index contributed by atoms with van der Waals surface area (Å²) in [6, 6.07) is 7.49. The molecular weight excluding hydrogens is 328 g/mol. The number of nitrogens with one attached hydrogen (secondary N) is 1. The van der Waals surface area contributed by atoms with Crippen molar-refractivity contribution in [2.45, 2.75) is 58.3 Å². The van der Waals surface area contributed by atoms with Crippen LogP contribution >= 0.6 is 0 Å². The fourth-order valence-electron chi connectivity index (χ4n) is 2.58. The minimum Gasteiger partial charge on any atom is -0.491 e. The van der Waals surface area contributed by atoms with Gasteiger partial charge in [0.15, 0.2) is 0 Å². The van der Waals surface area contributed by atoms with Crippen molar-refractivity contribution < 1.29 is 14.3 Å². The number of carbonyl (C=O) groups excluding carboxylic acids is 1. The van der Waals surface area contributed by atoms with E-state index in [-0.39, 0.29) is 0 Å². The van der Waals surface area contributed by atoms with Gasteiger partial charge >= 0.3 is 6.09 Å². The lowest BCUT2D eigenvalue weighted by atomic mass is 10.1. The molecule has 148 valence electrons. The number of unbranched alkanes of at least 4 members (excludes halogenated alkanes) is 7. The van der Waals surface area contributed by atoms with Gasteiger partial charge in [-0.3, -0.25) is 5.32 Å². The number of nitrogens with zero attached hydrogens (tertiary/aromatic N) is 1. The van der Waals surface area contributed by atoms with Crippen LogP contribution in [-0.4, -0.2) is 44.8 Å². The van der Waals surface area contributed by atoms with E-state index in [1.807, 2.05) is 43.3 Å². The molecule has 5 heteroatoms. The number of likely N-dealkylation sites (N-methyl/N-ethyl adjacent to an activating group) is 1. The molecule has 1 aromatic carbocycles. The van der Waals surface area contributed by atoms with E-state index in [0.717, 1.165) is 6.42 Å². The minimum absolute atomic E-state index is 0.361. The lowest BCUT2D eigenvalue weighted by Gasteiger charge is -2.13. The highest BCUT2D eigenvalue weighted by Gasteiger charge is 2.08. The van der Waals surface area contributed by atoms with Gasteiger partial charge in [0.2, 0.25) is 0 Å². The molecule has 0 aliphatic carbocycles. The third kappa shape index (κ3) is 11.0. The van der Waals surface area contributed by atoms with Gasteiger partial charge in [-0.25, -0.2) is 4.79 Å². The quantitative estimate of drug-likeness (QED) is 0.454. The van der Waals surface area contributed by atoms with E-state index in [9.17, 15) is 4.79 Å². The molecule has 0 aliphatic heterocycles. The number of rotatable bonds is 14. The van der Waals surface area contributed by atoms with E-state index in [1.54, 1.807) is 0 Å². The molecule has 0 fully saturated rings. The molecule has 1 N–H and O–H groups in total. The second kappa shape index (κ2) is 14.4. The molecule has 0 radical (unpaired) electrons. The van der Waals surface area contributed by atoms with Crippen LogP contribution in [0.3, 0.4) is 0 Å². The molecule has 0 spiro atoms. The number of carbonyl (C=O) groups is 1. The zero-order valence-corrected chi connectivity index (χ0v) is 16.8. The highest BCUT2D eigenvalue weighted by Crippen LogP contribution is 2.24. The molecule has 1 rings (SSSR count).